The fourth-order valence-corrected chi connectivity index (χ4v) is 2.48. The van der Waals surface area contributed by atoms with Gasteiger partial charge >= 0.3 is 0 Å². The molecule has 0 bridgehead atoms. The average molecular weight is 190 g/mol. The lowest BCUT2D eigenvalue weighted by atomic mass is 10.1. The van der Waals surface area contributed by atoms with Crippen molar-refractivity contribution in [3.05, 3.63) is 29.8 Å². The molecule has 1 heteroatoms. The fourth-order valence-electron chi connectivity index (χ4n) is 2.48. The van der Waals surface area contributed by atoms with E-state index < -0.39 is 0 Å². The second kappa shape index (κ2) is 3.74. The van der Waals surface area contributed by atoms with E-state index in [1.54, 1.807) is 11.3 Å². The van der Waals surface area contributed by atoms with Crippen LogP contribution in [0.3, 0.4) is 0 Å². The Balaban J connectivity index is 2.23. The second-order valence-electron chi connectivity index (χ2n) is 4.58. The summed E-state index contributed by atoms with van der Waals surface area (Å²) in [5.41, 5.74) is 3.12. The van der Waals surface area contributed by atoms with Gasteiger partial charge < -0.3 is 0 Å². The van der Waals surface area contributed by atoms with Gasteiger partial charge in [-0.15, -0.1) is 0 Å². The summed E-state index contributed by atoms with van der Waals surface area (Å²) in [6, 6.07) is 8.92. The van der Waals surface area contributed by atoms with E-state index in [9.17, 15) is 0 Å². The molecule has 0 saturated carbocycles. The van der Waals surface area contributed by atoms with Crippen LogP contribution in [0.4, 0.5) is 5.69 Å². The molecule has 0 saturated heterocycles. The smallest absolute Gasteiger partial charge is 0.136 e. The van der Waals surface area contributed by atoms with Crippen molar-refractivity contribution in [2.45, 2.75) is 26.2 Å². The Kier molecular flexibility index (Phi) is 2.60. The highest BCUT2D eigenvalue weighted by Gasteiger charge is 2.32. The van der Waals surface area contributed by atoms with Crippen molar-refractivity contribution in [1.29, 1.82) is 0 Å². The molecule has 1 unspecified atom stereocenters. The Hall–Kier alpha value is -0.820. The molecule has 1 aromatic carbocycles. The SMILES string of the molecule is CCCC[N+]1(C)CCc2ccccc21. The van der Waals surface area contributed by atoms with Crippen LogP contribution in [0.25, 0.3) is 0 Å². The molecule has 0 spiro atoms. The second-order valence-corrected chi connectivity index (χ2v) is 4.58. The van der Waals surface area contributed by atoms with Crippen molar-refractivity contribution in [2.75, 3.05) is 20.1 Å². The maximum absolute atomic E-state index is 2.38. The maximum atomic E-state index is 2.38. The van der Waals surface area contributed by atoms with Crippen LogP contribution < -0.4 is 4.48 Å². The summed E-state index contributed by atoms with van der Waals surface area (Å²) in [5.74, 6) is 0. The molecule has 1 atom stereocenters. The molecule has 0 N–H and O–H groups in total. The van der Waals surface area contributed by atoms with Crippen LogP contribution in [0.2, 0.25) is 0 Å². The lowest BCUT2D eigenvalue weighted by Gasteiger charge is -2.29. The first-order chi connectivity index (χ1) is 6.76. The molecule has 1 heterocycles. The highest BCUT2D eigenvalue weighted by molar-refractivity contribution is 5.53. The summed E-state index contributed by atoms with van der Waals surface area (Å²) in [4.78, 5) is 0. The van der Waals surface area contributed by atoms with Crippen LogP contribution in [0.15, 0.2) is 24.3 Å². The van der Waals surface area contributed by atoms with Gasteiger partial charge in [0.05, 0.1) is 20.1 Å². The number of likely N-dealkylation sites (N-methyl/N-ethyl adjacent to an activating group) is 1. The number of hydrogen-bond donors (Lipinski definition) is 0. The summed E-state index contributed by atoms with van der Waals surface area (Å²) in [6.45, 7) is 4.86. The van der Waals surface area contributed by atoms with Crippen molar-refractivity contribution < 1.29 is 0 Å². The summed E-state index contributed by atoms with van der Waals surface area (Å²) >= 11 is 0. The van der Waals surface area contributed by atoms with Crippen LogP contribution >= 0.6 is 0 Å². The largest absolute Gasteiger partial charge is 0.293 e. The number of fused-ring (bicyclic) bond motifs is 1. The van der Waals surface area contributed by atoms with E-state index in [4.69, 9.17) is 0 Å². The molecule has 1 aliphatic rings. The average Bonchev–Trinajstić information content (AvgIpc) is 2.55. The third kappa shape index (κ3) is 1.57. The lowest BCUT2D eigenvalue weighted by molar-refractivity contribution is 0.349. The third-order valence-electron chi connectivity index (χ3n) is 3.45. The number of unbranched alkanes of at least 4 members (excludes halogenated alkanes) is 1. The van der Waals surface area contributed by atoms with Crippen molar-refractivity contribution in [2.24, 2.45) is 0 Å². The van der Waals surface area contributed by atoms with Crippen molar-refractivity contribution in [1.82, 2.24) is 4.48 Å². The molecular weight excluding hydrogens is 170 g/mol. The van der Waals surface area contributed by atoms with Crippen molar-refractivity contribution in [3.8, 4) is 0 Å². The van der Waals surface area contributed by atoms with E-state index in [2.05, 4.69) is 38.2 Å². The van der Waals surface area contributed by atoms with Gasteiger partial charge in [-0.3, -0.25) is 4.48 Å². The summed E-state index contributed by atoms with van der Waals surface area (Å²) in [7, 11) is 2.38. The minimum Gasteiger partial charge on any atom is -0.293 e. The molecule has 1 aliphatic heterocycles. The molecule has 1 nitrogen and oxygen atoms in total. The Morgan fingerprint density at radius 2 is 2.07 bits per heavy atom. The third-order valence-corrected chi connectivity index (χ3v) is 3.45. The van der Waals surface area contributed by atoms with E-state index in [1.165, 1.54) is 32.4 Å². The lowest BCUT2D eigenvalue weighted by Crippen LogP contribution is -2.43. The van der Waals surface area contributed by atoms with Crippen LogP contribution in [-0.4, -0.2) is 20.1 Å². The van der Waals surface area contributed by atoms with Gasteiger partial charge in [0.25, 0.3) is 0 Å². The zero-order valence-electron chi connectivity index (χ0n) is 9.29. The molecule has 0 aliphatic carbocycles. The summed E-state index contributed by atoms with van der Waals surface area (Å²) in [5, 5.41) is 0. The topological polar surface area (TPSA) is 0 Å². The molecule has 0 aromatic heterocycles. The van der Waals surface area contributed by atoms with Crippen LogP contribution in [-0.2, 0) is 6.42 Å². The minimum atomic E-state index is 1.16. The fraction of sp³-hybridized carbons (Fsp3) is 0.538. The van der Waals surface area contributed by atoms with E-state index in [0.29, 0.717) is 0 Å². The zero-order chi connectivity index (χ0) is 10.0. The number of para-hydroxylation sites is 1. The van der Waals surface area contributed by atoms with Crippen molar-refractivity contribution >= 4 is 5.69 Å². The van der Waals surface area contributed by atoms with E-state index in [0.717, 1.165) is 4.48 Å². The van der Waals surface area contributed by atoms with Gasteiger partial charge in [-0.05, 0) is 12.5 Å². The van der Waals surface area contributed by atoms with Gasteiger partial charge in [-0.25, -0.2) is 0 Å². The van der Waals surface area contributed by atoms with Gasteiger partial charge in [-0.1, -0.05) is 31.5 Å². The van der Waals surface area contributed by atoms with Crippen LogP contribution in [0, 0.1) is 0 Å². The van der Waals surface area contributed by atoms with Crippen LogP contribution in [0.5, 0.6) is 0 Å². The van der Waals surface area contributed by atoms with Crippen molar-refractivity contribution in [3.63, 3.8) is 0 Å². The number of hydrogen-bond acceptors (Lipinski definition) is 0. The van der Waals surface area contributed by atoms with Gasteiger partial charge in [-0.2, -0.15) is 0 Å². The number of benzene rings is 1. The zero-order valence-corrected chi connectivity index (χ0v) is 9.29. The van der Waals surface area contributed by atoms with Gasteiger partial charge in [0, 0.05) is 12.0 Å². The van der Waals surface area contributed by atoms with E-state index in [-0.39, 0.29) is 0 Å². The molecule has 2 rings (SSSR count). The molecule has 0 radical (unpaired) electrons. The Labute approximate surface area is 86.9 Å². The molecule has 0 fully saturated rings. The molecule has 14 heavy (non-hydrogen) atoms. The van der Waals surface area contributed by atoms with Gasteiger partial charge in [0.1, 0.15) is 5.69 Å². The first-order valence-electron chi connectivity index (χ1n) is 5.69. The highest BCUT2D eigenvalue weighted by atomic mass is 15.3. The number of nitrogens with zero attached hydrogens (tertiary/aromatic N) is 1. The predicted octanol–water partition coefficient (Wildman–Crippen LogP) is 2.98. The standard InChI is InChI=1S/C13H20N/c1-3-4-10-14(2)11-9-12-7-5-6-8-13(12)14/h5-8H,3-4,9-11H2,1-2H3/q+1. The Morgan fingerprint density at radius 3 is 2.86 bits per heavy atom. The van der Waals surface area contributed by atoms with Gasteiger partial charge in [0.2, 0.25) is 0 Å². The number of quaternary nitrogens is 1. The first kappa shape index (κ1) is 9.72. The predicted molar refractivity (Wildman–Crippen MR) is 62.5 cm³/mol. The molecule has 1 aromatic rings. The number of rotatable bonds is 3. The normalized spacial score (nSPS) is 25.0. The van der Waals surface area contributed by atoms with Gasteiger partial charge in [0.15, 0.2) is 0 Å². The quantitative estimate of drug-likeness (QED) is 0.643. The monoisotopic (exact) mass is 190 g/mol. The molecule has 76 valence electrons. The van der Waals surface area contributed by atoms with E-state index >= 15 is 0 Å². The summed E-state index contributed by atoms with van der Waals surface area (Å²) < 4.78 is 1.16. The molecule has 0 amide bonds. The van der Waals surface area contributed by atoms with E-state index in [1.807, 2.05) is 0 Å². The first-order valence-corrected chi connectivity index (χ1v) is 5.69. The highest BCUT2D eigenvalue weighted by Crippen LogP contribution is 2.33. The minimum absolute atomic E-state index is 1.16. The Morgan fingerprint density at radius 1 is 1.29 bits per heavy atom. The summed E-state index contributed by atoms with van der Waals surface area (Å²) in [6.07, 6.45) is 3.90. The maximum Gasteiger partial charge on any atom is 0.136 e. The molecular formula is C13H20N+. The van der Waals surface area contributed by atoms with Crippen LogP contribution in [0.1, 0.15) is 25.3 Å². The Bertz CT molecular complexity index is 319.